The summed E-state index contributed by atoms with van der Waals surface area (Å²) in [5.74, 6) is 1.26. The van der Waals surface area contributed by atoms with Crippen molar-refractivity contribution >= 4 is 39.4 Å². The minimum Gasteiger partial charge on any atom is -0.310 e. The maximum atomic E-state index is 12.3. The predicted molar refractivity (Wildman–Crippen MR) is 110 cm³/mol. The normalized spacial score (nSPS) is 16.7. The summed E-state index contributed by atoms with van der Waals surface area (Å²) in [6, 6.07) is 18.5. The van der Waals surface area contributed by atoms with Gasteiger partial charge in [-0.15, -0.1) is 11.8 Å². The molecule has 4 nitrogen and oxygen atoms in total. The van der Waals surface area contributed by atoms with Crippen LogP contribution in [-0.4, -0.2) is 21.4 Å². The minimum atomic E-state index is 0.0186. The lowest BCUT2D eigenvalue weighted by Gasteiger charge is -2.15. The van der Waals surface area contributed by atoms with Gasteiger partial charge in [-0.2, -0.15) is 5.10 Å². The van der Waals surface area contributed by atoms with Gasteiger partial charge in [-0.1, -0.05) is 58.4 Å². The van der Waals surface area contributed by atoms with Gasteiger partial charge in [-0.05, 0) is 30.2 Å². The number of benzene rings is 2. The van der Waals surface area contributed by atoms with E-state index in [2.05, 4.69) is 45.5 Å². The van der Waals surface area contributed by atoms with E-state index in [4.69, 9.17) is 5.10 Å². The summed E-state index contributed by atoms with van der Waals surface area (Å²) in [6.45, 7) is 2.65. The van der Waals surface area contributed by atoms with Gasteiger partial charge in [0.05, 0.1) is 23.2 Å². The number of nitrogens with zero attached hydrogens (tertiary/aromatic N) is 2. The standard InChI is InChI=1S/C20H18BrN3OS/c1-13-18-19(15-7-9-16(21)10-8-15)26-12-17(25)22-20(18)24(23-13)11-14-5-3-2-4-6-14/h2-10,19H,11-12H2,1H3,(H,22,25). The Morgan fingerprint density at radius 2 is 1.92 bits per heavy atom. The number of carbonyl (C=O) groups is 1. The lowest BCUT2D eigenvalue weighted by atomic mass is 10.0. The average molecular weight is 428 g/mol. The van der Waals surface area contributed by atoms with Gasteiger partial charge >= 0.3 is 0 Å². The molecule has 1 unspecified atom stereocenters. The van der Waals surface area contributed by atoms with Crippen molar-refractivity contribution in [2.24, 2.45) is 0 Å². The van der Waals surface area contributed by atoms with Crippen LogP contribution in [0.3, 0.4) is 0 Å². The molecule has 6 heteroatoms. The lowest BCUT2D eigenvalue weighted by molar-refractivity contribution is -0.113. The Morgan fingerprint density at radius 3 is 2.65 bits per heavy atom. The Balaban J connectivity index is 1.78. The quantitative estimate of drug-likeness (QED) is 0.654. The molecule has 4 rings (SSSR count). The van der Waals surface area contributed by atoms with E-state index in [1.54, 1.807) is 11.8 Å². The number of hydrogen-bond donors (Lipinski definition) is 1. The summed E-state index contributed by atoms with van der Waals surface area (Å²) in [4.78, 5) is 12.3. The van der Waals surface area contributed by atoms with Gasteiger partial charge in [-0.25, -0.2) is 4.68 Å². The van der Waals surface area contributed by atoms with E-state index < -0.39 is 0 Å². The third-order valence-electron chi connectivity index (χ3n) is 4.42. The fourth-order valence-corrected chi connectivity index (χ4v) is 4.68. The summed E-state index contributed by atoms with van der Waals surface area (Å²) in [5, 5.41) is 7.90. The van der Waals surface area contributed by atoms with Crippen LogP contribution in [0, 0.1) is 6.92 Å². The number of anilines is 1. The van der Waals surface area contributed by atoms with E-state index in [-0.39, 0.29) is 11.2 Å². The van der Waals surface area contributed by atoms with Gasteiger partial charge in [0.2, 0.25) is 5.91 Å². The molecule has 132 valence electrons. The van der Waals surface area contributed by atoms with Gasteiger partial charge < -0.3 is 5.32 Å². The summed E-state index contributed by atoms with van der Waals surface area (Å²) in [5.41, 5.74) is 4.39. The zero-order chi connectivity index (χ0) is 18.1. The number of amides is 1. The molecule has 1 aromatic heterocycles. The number of hydrogen-bond acceptors (Lipinski definition) is 3. The van der Waals surface area contributed by atoms with Crippen molar-refractivity contribution in [3.05, 3.63) is 81.5 Å². The van der Waals surface area contributed by atoms with Crippen molar-refractivity contribution in [3.8, 4) is 0 Å². The second kappa shape index (κ2) is 7.29. The van der Waals surface area contributed by atoms with E-state index in [1.807, 2.05) is 41.9 Å². The molecule has 0 aliphatic carbocycles. The minimum absolute atomic E-state index is 0.0186. The highest BCUT2D eigenvalue weighted by Gasteiger charge is 2.30. The van der Waals surface area contributed by atoms with Crippen LogP contribution in [0.1, 0.15) is 27.6 Å². The molecule has 0 bridgehead atoms. The van der Waals surface area contributed by atoms with Gasteiger partial charge in [-0.3, -0.25) is 4.79 Å². The number of aryl methyl sites for hydroxylation is 1. The molecule has 0 saturated heterocycles. The zero-order valence-corrected chi connectivity index (χ0v) is 16.7. The zero-order valence-electron chi connectivity index (χ0n) is 14.3. The van der Waals surface area contributed by atoms with Crippen molar-refractivity contribution in [2.75, 3.05) is 11.1 Å². The summed E-state index contributed by atoms with van der Waals surface area (Å²) in [6.07, 6.45) is 0. The topological polar surface area (TPSA) is 46.9 Å². The molecule has 1 atom stereocenters. The number of carbonyl (C=O) groups excluding carboxylic acids is 1. The van der Waals surface area contributed by atoms with Crippen LogP contribution >= 0.6 is 27.7 Å². The van der Waals surface area contributed by atoms with Crippen LogP contribution in [0.5, 0.6) is 0 Å². The molecule has 2 aromatic carbocycles. The second-order valence-corrected chi connectivity index (χ2v) is 8.29. The van der Waals surface area contributed by atoms with Crippen LogP contribution in [0.2, 0.25) is 0 Å². The highest BCUT2D eigenvalue weighted by molar-refractivity contribution is 9.10. The summed E-state index contributed by atoms with van der Waals surface area (Å²) < 4.78 is 2.96. The molecule has 1 N–H and O–H groups in total. The SMILES string of the molecule is Cc1nn(Cc2ccccc2)c2c1C(c1ccc(Br)cc1)SCC(=O)N2. The molecule has 3 aromatic rings. The number of nitrogens with one attached hydrogen (secondary N) is 1. The summed E-state index contributed by atoms with van der Waals surface area (Å²) >= 11 is 5.14. The monoisotopic (exact) mass is 427 g/mol. The Labute approximate surface area is 165 Å². The Kier molecular flexibility index (Phi) is 4.87. The van der Waals surface area contributed by atoms with E-state index in [0.717, 1.165) is 27.1 Å². The first-order valence-corrected chi connectivity index (χ1v) is 10.2. The molecule has 1 aliphatic rings. The van der Waals surface area contributed by atoms with E-state index >= 15 is 0 Å². The van der Waals surface area contributed by atoms with E-state index in [0.29, 0.717) is 12.3 Å². The third kappa shape index (κ3) is 3.44. The highest BCUT2D eigenvalue weighted by atomic mass is 79.9. The molecular formula is C20H18BrN3OS. The van der Waals surface area contributed by atoms with Gasteiger partial charge in [0.15, 0.2) is 0 Å². The smallest absolute Gasteiger partial charge is 0.235 e. The Hall–Kier alpha value is -2.05. The van der Waals surface area contributed by atoms with E-state index in [1.165, 1.54) is 5.56 Å². The molecule has 0 fully saturated rings. The highest BCUT2D eigenvalue weighted by Crippen LogP contribution is 2.43. The third-order valence-corrected chi connectivity index (χ3v) is 6.22. The van der Waals surface area contributed by atoms with Crippen molar-refractivity contribution in [2.45, 2.75) is 18.7 Å². The summed E-state index contributed by atoms with van der Waals surface area (Å²) in [7, 11) is 0. The Bertz CT molecular complexity index is 938. The molecule has 2 heterocycles. The number of fused-ring (bicyclic) bond motifs is 1. The van der Waals surface area contributed by atoms with Gasteiger partial charge in [0.1, 0.15) is 5.82 Å². The molecule has 0 saturated carbocycles. The molecular weight excluding hydrogens is 410 g/mol. The van der Waals surface area contributed by atoms with Crippen molar-refractivity contribution in [3.63, 3.8) is 0 Å². The first kappa shape index (κ1) is 17.4. The Morgan fingerprint density at radius 1 is 1.19 bits per heavy atom. The maximum absolute atomic E-state index is 12.3. The molecule has 1 aliphatic heterocycles. The van der Waals surface area contributed by atoms with Crippen LogP contribution in [-0.2, 0) is 11.3 Å². The second-order valence-electron chi connectivity index (χ2n) is 6.28. The van der Waals surface area contributed by atoms with Crippen LogP contribution in [0.4, 0.5) is 5.82 Å². The number of aromatic nitrogens is 2. The number of halogens is 1. The first-order valence-electron chi connectivity index (χ1n) is 8.40. The van der Waals surface area contributed by atoms with Crippen LogP contribution in [0.15, 0.2) is 59.1 Å². The number of thioether (sulfide) groups is 1. The van der Waals surface area contributed by atoms with E-state index in [9.17, 15) is 4.79 Å². The largest absolute Gasteiger partial charge is 0.310 e. The molecule has 1 amide bonds. The van der Waals surface area contributed by atoms with Crippen LogP contribution < -0.4 is 5.32 Å². The molecule has 26 heavy (non-hydrogen) atoms. The van der Waals surface area contributed by atoms with Crippen LogP contribution in [0.25, 0.3) is 0 Å². The molecule has 0 spiro atoms. The fraction of sp³-hybridized carbons (Fsp3) is 0.200. The van der Waals surface area contributed by atoms with Gasteiger partial charge in [0.25, 0.3) is 0 Å². The predicted octanol–water partition coefficient (Wildman–Crippen LogP) is 4.78. The van der Waals surface area contributed by atoms with Gasteiger partial charge in [0, 0.05) is 10.0 Å². The first-order chi connectivity index (χ1) is 12.6. The lowest BCUT2D eigenvalue weighted by Crippen LogP contribution is -2.16. The molecule has 0 radical (unpaired) electrons. The fourth-order valence-electron chi connectivity index (χ4n) is 3.22. The van der Waals surface area contributed by atoms with Crippen molar-refractivity contribution in [1.29, 1.82) is 0 Å². The average Bonchev–Trinajstić information content (AvgIpc) is 2.82. The van der Waals surface area contributed by atoms with Crippen molar-refractivity contribution in [1.82, 2.24) is 9.78 Å². The van der Waals surface area contributed by atoms with Crippen molar-refractivity contribution < 1.29 is 4.79 Å². The number of rotatable bonds is 3. The maximum Gasteiger partial charge on any atom is 0.235 e.